The first-order valence-corrected chi connectivity index (χ1v) is 5.81. The van der Waals surface area contributed by atoms with Gasteiger partial charge >= 0.3 is 0 Å². The van der Waals surface area contributed by atoms with Gasteiger partial charge < -0.3 is 4.90 Å². The maximum atomic E-state index is 2.73. The molecule has 1 heteroatoms. The Labute approximate surface area is 82.5 Å². The van der Waals surface area contributed by atoms with Crippen LogP contribution < -0.4 is 0 Å². The van der Waals surface area contributed by atoms with Crippen LogP contribution in [0.5, 0.6) is 0 Å². The predicted molar refractivity (Wildman–Crippen MR) is 56.8 cm³/mol. The Morgan fingerprint density at radius 2 is 1.62 bits per heavy atom. The summed E-state index contributed by atoms with van der Waals surface area (Å²) in [5.41, 5.74) is 0.647. The SMILES string of the molecule is CC1CCN(C2CC(C)(C)C2)CC1. The molecule has 1 saturated carbocycles. The zero-order chi connectivity index (χ0) is 9.47. The molecule has 1 nitrogen and oxygen atoms in total. The van der Waals surface area contributed by atoms with E-state index in [0.717, 1.165) is 12.0 Å². The number of hydrogen-bond acceptors (Lipinski definition) is 1. The molecule has 0 aromatic rings. The zero-order valence-corrected chi connectivity index (χ0v) is 9.34. The normalized spacial score (nSPS) is 31.6. The van der Waals surface area contributed by atoms with E-state index < -0.39 is 0 Å². The summed E-state index contributed by atoms with van der Waals surface area (Å²) in [4.78, 5) is 2.73. The largest absolute Gasteiger partial charge is 0.300 e. The van der Waals surface area contributed by atoms with Gasteiger partial charge in [-0.15, -0.1) is 0 Å². The van der Waals surface area contributed by atoms with Crippen molar-refractivity contribution in [2.75, 3.05) is 13.1 Å². The molecule has 0 aromatic carbocycles. The molecule has 2 aliphatic rings. The van der Waals surface area contributed by atoms with E-state index >= 15 is 0 Å². The lowest BCUT2D eigenvalue weighted by Crippen LogP contribution is -2.51. The first kappa shape index (κ1) is 9.51. The third-order valence-corrected chi connectivity index (χ3v) is 3.91. The Morgan fingerprint density at radius 1 is 1.08 bits per heavy atom. The van der Waals surface area contributed by atoms with E-state index in [1.165, 1.54) is 38.8 Å². The topological polar surface area (TPSA) is 3.24 Å². The van der Waals surface area contributed by atoms with Crippen LogP contribution in [0.25, 0.3) is 0 Å². The van der Waals surface area contributed by atoms with Crippen LogP contribution in [-0.4, -0.2) is 24.0 Å². The third-order valence-electron chi connectivity index (χ3n) is 3.91. The average molecular weight is 181 g/mol. The molecule has 0 radical (unpaired) electrons. The highest BCUT2D eigenvalue weighted by Crippen LogP contribution is 2.43. The zero-order valence-electron chi connectivity index (χ0n) is 9.34. The first-order valence-electron chi connectivity index (χ1n) is 5.81. The van der Waals surface area contributed by atoms with Crippen molar-refractivity contribution in [3.63, 3.8) is 0 Å². The van der Waals surface area contributed by atoms with Gasteiger partial charge in [0.2, 0.25) is 0 Å². The van der Waals surface area contributed by atoms with Crippen LogP contribution in [-0.2, 0) is 0 Å². The molecule has 0 unspecified atom stereocenters. The molecule has 1 aliphatic heterocycles. The monoisotopic (exact) mass is 181 g/mol. The molecule has 1 heterocycles. The maximum Gasteiger partial charge on any atom is 0.0105 e. The molecule has 0 N–H and O–H groups in total. The number of piperidine rings is 1. The molecule has 0 amide bonds. The molecule has 0 atom stereocenters. The standard InChI is InChI=1S/C12H23N/c1-10-4-6-13(7-5-10)11-8-12(2,3)9-11/h10-11H,4-9H2,1-3H3. The fourth-order valence-electron chi connectivity index (χ4n) is 2.87. The van der Waals surface area contributed by atoms with Crippen LogP contribution in [0.4, 0.5) is 0 Å². The van der Waals surface area contributed by atoms with Crippen LogP contribution in [0.3, 0.4) is 0 Å². The molecule has 13 heavy (non-hydrogen) atoms. The summed E-state index contributed by atoms with van der Waals surface area (Å²) in [6.45, 7) is 9.91. The summed E-state index contributed by atoms with van der Waals surface area (Å²) in [6.07, 6.45) is 5.72. The Hall–Kier alpha value is -0.0400. The summed E-state index contributed by atoms with van der Waals surface area (Å²) in [6, 6.07) is 0.933. The van der Waals surface area contributed by atoms with Gasteiger partial charge in [-0.2, -0.15) is 0 Å². The van der Waals surface area contributed by atoms with Crippen LogP contribution in [0, 0.1) is 11.3 Å². The summed E-state index contributed by atoms with van der Waals surface area (Å²) >= 11 is 0. The lowest BCUT2D eigenvalue weighted by atomic mass is 9.67. The lowest BCUT2D eigenvalue weighted by Gasteiger charge is -2.50. The van der Waals surface area contributed by atoms with E-state index in [-0.39, 0.29) is 0 Å². The lowest BCUT2D eigenvalue weighted by molar-refractivity contribution is 0.00788. The van der Waals surface area contributed by atoms with Gasteiger partial charge in [0, 0.05) is 6.04 Å². The molecule has 1 saturated heterocycles. The van der Waals surface area contributed by atoms with Gasteiger partial charge in [-0.05, 0) is 50.1 Å². The Kier molecular flexibility index (Phi) is 2.39. The van der Waals surface area contributed by atoms with Crippen LogP contribution in [0.15, 0.2) is 0 Å². The summed E-state index contributed by atoms with van der Waals surface area (Å²) < 4.78 is 0. The second kappa shape index (κ2) is 3.27. The fraction of sp³-hybridized carbons (Fsp3) is 1.00. The van der Waals surface area contributed by atoms with Crippen molar-refractivity contribution in [2.45, 2.75) is 52.5 Å². The van der Waals surface area contributed by atoms with Crippen molar-refractivity contribution in [1.29, 1.82) is 0 Å². The highest BCUT2D eigenvalue weighted by Gasteiger charge is 2.39. The highest BCUT2D eigenvalue weighted by molar-refractivity contribution is 4.94. The van der Waals surface area contributed by atoms with Crippen LogP contribution in [0.1, 0.15) is 46.5 Å². The van der Waals surface area contributed by atoms with Crippen molar-refractivity contribution >= 4 is 0 Å². The molecule has 2 rings (SSSR count). The molecule has 2 fully saturated rings. The number of rotatable bonds is 1. The third kappa shape index (κ3) is 2.07. The summed E-state index contributed by atoms with van der Waals surface area (Å²) in [5.74, 6) is 0.976. The van der Waals surface area contributed by atoms with Gasteiger partial charge in [0.05, 0.1) is 0 Å². The van der Waals surface area contributed by atoms with Crippen molar-refractivity contribution in [1.82, 2.24) is 4.90 Å². The number of hydrogen-bond donors (Lipinski definition) is 0. The smallest absolute Gasteiger partial charge is 0.0105 e. The molecule has 0 bridgehead atoms. The van der Waals surface area contributed by atoms with Gasteiger partial charge in [0.15, 0.2) is 0 Å². The second-order valence-corrected chi connectivity index (χ2v) is 5.94. The molecule has 0 aromatic heterocycles. The van der Waals surface area contributed by atoms with Gasteiger partial charge in [-0.25, -0.2) is 0 Å². The van der Waals surface area contributed by atoms with Crippen LogP contribution in [0.2, 0.25) is 0 Å². The van der Waals surface area contributed by atoms with Gasteiger partial charge in [0.1, 0.15) is 0 Å². The maximum absolute atomic E-state index is 2.73. The van der Waals surface area contributed by atoms with E-state index in [0.29, 0.717) is 5.41 Å². The second-order valence-electron chi connectivity index (χ2n) is 5.94. The quantitative estimate of drug-likeness (QED) is 0.601. The minimum absolute atomic E-state index is 0.647. The predicted octanol–water partition coefficient (Wildman–Crippen LogP) is 2.91. The Morgan fingerprint density at radius 3 is 2.08 bits per heavy atom. The van der Waals surface area contributed by atoms with E-state index in [2.05, 4.69) is 25.7 Å². The molecular weight excluding hydrogens is 158 g/mol. The van der Waals surface area contributed by atoms with E-state index in [9.17, 15) is 0 Å². The van der Waals surface area contributed by atoms with Gasteiger partial charge in [0.25, 0.3) is 0 Å². The van der Waals surface area contributed by atoms with Crippen molar-refractivity contribution < 1.29 is 0 Å². The van der Waals surface area contributed by atoms with E-state index in [4.69, 9.17) is 0 Å². The van der Waals surface area contributed by atoms with Gasteiger partial charge in [-0.3, -0.25) is 0 Å². The Balaban J connectivity index is 1.78. The molecular formula is C12H23N. The van der Waals surface area contributed by atoms with Crippen molar-refractivity contribution in [2.24, 2.45) is 11.3 Å². The first-order chi connectivity index (χ1) is 6.07. The van der Waals surface area contributed by atoms with Gasteiger partial charge in [-0.1, -0.05) is 20.8 Å². The minimum Gasteiger partial charge on any atom is -0.300 e. The van der Waals surface area contributed by atoms with E-state index in [1.807, 2.05) is 0 Å². The van der Waals surface area contributed by atoms with Crippen LogP contribution >= 0.6 is 0 Å². The summed E-state index contributed by atoms with van der Waals surface area (Å²) in [5, 5.41) is 0. The van der Waals surface area contributed by atoms with E-state index in [1.54, 1.807) is 0 Å². The molecule has 1 aliphatic carbocycles. The molecule has 76 valence electrons. The summed E-state index contributed by atoms with van der Waals surface area (Å²) in [7, 11) is 0. The van der Waals surface area contributed by atoms with Crippen molar-refractivity contribution in [3.05, 3.63) is 0 Å². The highest BCUT2D eigenvalue weighted by atomic mass is 15.2. The Bertz CT molecular complexity index is 170. The average Bonchev–Trinajstić information content (AvgIpc) is 2.01. The fourth-order valence-corrected chi connectivity index (χ4v) is 2.87. The molecule has 0 spiro atoms. The number of nitrogens with zero attached hydrogens (tertiary/aromatic N) is 1. The minimum atomic E-state index is 0.647. The number of likely N-dealkylation sites (tertiary alicyclic amines) is 1. The van der Waals surface area contributed by atoms with Crippen molar-refractivity contribution in [3.8, 4) is 0 Å².